The Balaban J connectivity index is 1.89. The predicted molar refractivity (Wildman–Crippen MR) is 118 cm³/mol. The second-order valence-electron chi connectivity index (χ2n) is 7.39. The van der Waals surface area contributed by atoms with Gasteiger partial charge in [0, 0.05) is 6.08 Å². The van der Waals surface area contributed by atoms with Gasteiger partial charge in [-0.05, 0) is 88.6 Å². The van der Waals surface area contributed by atoms with E-state index in [1.165, 1.54) is 5.57 Å². The second kappa shape index (κ2) is 8.29. The summed E-state index contributed by atoms with van der Waals surface area (Å²) in [5.41, 5.74) is 7.37. The minimum atomic E-state index is -0.978. The number of carbonyl (C=O) groups is 1. The van der Waals surface area contributed by atoms with E-state index in [4.69, 9.17) is 5.11 Å². The monoisotopic (exact) mass is 398 g/mol. The number of hydrogen-bond acceptors (Lipinski definition) is 3. The van der Waals surface area contributed by atoms with Crippen LogP contribution in [0.25, 0.3) is 17.2 Å². The first-order valence-electron chi connectivity index (χ1n) is 9.87. The molecule has 0 unspecified atom stereocenters. The van der Waals surface area contributed by atoms with E-state index in [-0.39, 0.29) is 11.5 Å². The fraction of sp³-hybridized carbons (Fsp3) is 0.115. The first-order chi connectivity index (χ1) is 14.5. The Hall–Kier alpha value is -3.79. The number of fused-ring (bicyclic) bond motifs is 1. The zero-order valence-corrected chi connectivity index (χ0v) is 16.4. The van der Waals surface area contributed by atoms with Crippen molar-refractivity contribution < 1.29 is 20.1 Å². The highest BCUT2D eigenvalue weighted by Gasteiger charge is 2.20. The van der Waals surface area contributed by atoms with Crippen LogP contribution in [0, 0.1) is 0 Å². The largest absolute Gasteiger partial charge is 0.508 e. The maximum absolute atomic E-state index is 10.8. The maximum atomic E-state index is 10.8. The van der Waals surface area contributed by atoms with Crippen LogP contribution in [0.5, 0.6) is 11.5 Å². The second-order valence-corrected chi connectivity index (χ2v) is 7.39. The lowest BCUT2D eigenvalue weighted by molar-refractivity contribution is -0.131. The lowest BCUT2D eigenvalue weighted by Crippen LogP contribution is -1.96. The average Bonchev–Trinajstić information content (AvgIpc) is 2.92. The molecule has 3 aromatic carbocycles. The molecular formula is C26H22O4. The van der Waals surface area contributed by atoms with Crippen LogP contribution in [0.2, 0.25) is 0 Å². The molecule has 0 saturated heterocycles. The predicted octanol–water partition coefficient (Wildman–Crippen LogP) is 5.49. The molecule has 0 bridgehead atoms. The molecule has 4 rings (SSSR count). The van der Waals surface area contributed by atoms with E-state index >= 15 is 0 Å². The number of phenolic OH excluding ortho intramolecular Hbond substituents is 2. The first-order valence-corrected chi connectivity index (χ1v) is 9.87. The molecule has 3 aromatic rings. The third-order valence-electron chi connectivity index (χ3n) is 5.37. The fourth-order valence-corrected chi connectivity index (χ4v) is 3.98. The zero-order chi connectivity index (χ0) is 21.1. The van der Waals surface area contributed by atoms with Crippen LogP contribution in [0.3, 0.4) is 0 Å². The molecular weight excluding hydrogens is 376 g/mol. The Morgan fingerprint density at radius 2 is 1.47 bits per heavy atom. The van der Waals surface area contributed by atoms with Gasteiger partial charge in [0.15, 0.2) is 0 Å². The van der Waals surface area contributed by atoms with Crippen LogP contribution in [0.4, 0.5) is 0 Å². The van der Waals surface area contributed by atoms with E-state index in [0.717, 1.165) is 58.7 Å². The number of hydrogen-bond donors (Lipinski definition) is 3. The summed E-state index contributed by atoms with van der Waals surface area (Å²) in [5, 5.41) is 28.5. The van der Waals surface area contributed by atoms with Crippen LogP contribution in [0.1, 0.15) is 40.7 Å². The Bertz CT molecular complexity index is 1140. The van der Waals surface area contributed by atoms with Gasteiger partial charge in [-0.2, -0.15) is 0 Å². The first kappa shape index (κ1) is 19.5. The standard InChI is InChI=1S/C26H22O4/c27-21-11-9-18(10-12-21)23-3-1-2-20-16-22(28)13-14-24(20)26(23)19-7-4-17(5-8-19)6-15-25(29)30/h4-16,27-28H,1-3H2,(H,29,30). The maximum Gasteiger partial charge on any atom is 0.328 e. The molecule has 0 fully saturated rings. The summed E-state index contributed by atoms with van der Waals surface area (Å²) < 4.78 is 0. The number of aryl methyl sites for hydroxylation is 1. The minimum absolute atomic E-state index is 0.231. The lowest BCUT2D eigenvalue weighted by atomic mass is 9.87. The Morgan fingerprint density at radius 1 is 0.800 bits per heavy atom. The molecule has 0 amide bonds. The Labute approximate surface area is 175 Å². The number of carboxylic acid groups (broad SMARTS) is 1. The number of carboxylic acids is 1. The molecule has 1 aliphatic carbocycles. The number of phenols is 2. The number of aliphatic carboxylic acids is 1. The van der Waals surface area contributed by atoms with Crippen molar-refractivity contribution in [1.29, 1.82) is 0 Å². The SMILES string of the molecule is O=C(O)C=Cc1ccc(C2=C(c3ccc(O)cc3)CCCc3cc(O)ccc32)cc1. The van der Waals surface area contributed by atoms with Crippen molar-refractivity contribution in [2.75, 3.05) is 0 Å². The van der Waals surface area contributed by atoms with Crippen LogP contribution < -0.4 is 0 Å². The van der Waals surface area contributed by atoms with Gasteiger partial charge in [0.2, 0.25) is 0 Å². The Morgan fingerprint density at radius 3 is 2.17 bits per heavy atom. The number of rotatable bonds is 4. The molecule has 0 aliphatic heterocycles. The summed E-state index contributed by atoms with van der Waals surface area (Å²) in [4.78, 5) is 10.8. The van der Waals surface area contributed by atoms with Crippen LogP contribution in [-0.4, -0.2) is 21.3 Å². The molecule has 0 saturated carbocycles. The van der Waals surface area contributed by atoms with Gasteiger partial charge >= 0.3 is 5.97 Å². The van der Waals surface area contributed by atoms with Crippen molar-refractivity contribution in [3.8, 4) is 11.5 Å². The highest BCUT2D eigenvalue weighted by atomic mass is 16.4. The van der Waals surface area contributed by atoms with Gasteiger partial charge in [-0.25, -0.2) is 4.79 Å². The van der Waals surface area contributed by atoms with E-state index in [1.54, 1.807) is 24.3 Å². The number of allylic oxidation sites excluding steroid dienone is 1. The molecule has 0 heterocycles. The van der Waals surface area contributed by atoms with E-state index in [0.29, 0.717) is 0 Å². The summed E-state index contributed by atoms with van der Waals surface area (Å²) in [6.07, 6.45) is 5.39. The van der Waals surface area contributed by atoms with Crippen LogP contribution >= 0.6 is 0 Å². The zero-order valence-electron chi connectivity index (χ0n) is 16.4. The van der Waals surface area contributed by atoms with Crippen LogP contribution in [0.15, 0.2) is 72.8 Å². The highest BCUT2D eigenvalue weighted by Crippen LogP contribution is 2.41. The fourth-order valence-electron chi connectivity index (χ4n) is 3.98. The van der Waals surface area contributed by atoms with Gasteiger partial charge in [0.05, 0.1) is 0 Å². The molecule has 3 N–H and O–H groups in total. The normalized spacial score (nSPS) is 13.9. The third kappa shape index (κ3) is 4.13. The number of aromatic hydroxyl groups is 2. The molecule has 0 aromatic heterocycles. The van der Waals surface area contributed by atoms with E-state index in [9.17, 15) is 15.0 Å². The average molecular weight is 398 g/mol. The van der Waals surface area contributed by atoms with Gasteiger partial charge < -0.3 is 15.3 Å². The summed E-state index contributed by atoms with van der Waals surface area (Å²) in [6.45, 7) is 0. The summed E-state index contributed by atoms with van der Waals surface area (Å²) in [5.74, 6) is -0.487. The third-order valence-corrected chi connectivity index (χ3v) is 5.37. The van der Waals surface area contributed by atoms with Crippen molar-refractivity contribution in [1.82, 2.24) is 0 Å². The molecule has 150 valence electrons. The van der Waals surface area contributed by atoms with Gasteiger partial charge in [-0.1, -0.05) is 42.5 Å². The van der Waals surface area contributed by atoms with Crippen molar-refractivity contribution in [3.05, 3.63) is 101 Å². The summed E-state index contributed by atoms with van der Waals surface area (Å²) in [6, 6.07) is 20.6. The van der Waals surface area contributed by atoms with Crippen molar-refractivity contribution in [3.63, 3.8) is 0 Å². The number of benzene rings is 3. The van der Waals surface area contributed by atoms with E-state index in [1.807, 2.05) is 48.5 Å². The lowest BCUT2D eigenvalue weighted by Gasteiger charge is -2.17. The highest BCUT2D eigenvalue weighted by molar-refractivity contribution is 6.00. The van der Waals surface area contributed by atoms with Crippen molar-refractivity contribution >= 4 is 23.2 Å². The van der Waals surface area contributed by atoms with E-state index < -0.39 is 5.97 Å². The summed E-state index contributed by atoms with van der Waals surface area (Å²) >= 11 is 0. The topological polar surface area (TPSA) is 77.8 Å². The molecule has 0 radical (unpaired) electrons. The quantitative estimate of drug-likeness (QED) is 0.508. The molecule has 0 atom stereocenters. The molecule has 4 heteroatoms. The molecule has 1 aliphatic rings. The van der Waals surface area contributed by atoms with Gasteiger partial charge in [0.1, 0.15) is 11.5 Å². The Kier molecular flexibility index (Phi) is 5.40. The van der Waals surface area contributed by atoms with Crippen molar-refractivity contribution in [2.45, 2.75) is 19.3 Å². The molecule has 30 heavy (non-hydrogen) atoms. The smallest absolute Gasteiger partial charge is 0.328 e. The van der Waals surface area contributed by atoms with Gasteiger partial charge in [-0.3, -0.25) is 0 Å². The van der Waals surface area contributed by atoms with Gasteiger partial charge in [0.25, 0.3) is 0 Å². The van der Waals surface area contributed by atoms with E-state index in [2.05, 4.69) is 0 Å². The minimum Gasteiger partial charge on any atom is -0.508 e. The van der Waals surface area contributed by atoms with Gasteiger partial charge in [-0.15, -0.1) is 0 Å². The van der Waals surface area contributed by atoms with Crippen LogP contribution in [-0.2, 0) is 11.2 Å². The summed E-state index contributed by atoms with van der Waals surface area (Å²) in [7, 11) is 0. The molecule has 0 spiro atoms. The molecule has 4 nitrogen and oxygen atoms in total. The van der Waals surface area contributed by atoms with Crippen molar-refractivity contribution in [2.24, 2.45) is 0 Å².